The Labute approximate surface area is 149 Å². The van der Waals surface area contributed by atoms with E-state index in [1.54, 1.807) is 7.11 Å². The Balaban J connectivity index is 2.04. The summed E-state index contributed by atoms with van der Waals surface area (Å²) in [5.41, 5.74) is 8.99. The van der Waals surface area contributed by atoms with E-state index < -0.39 is 0 Å². The minimum absolute atomic E-state index is 0.363. The smallest absolute Gasteiger partial charge is 0.193 e. The Morgan fingerprint density at radius 1 is 1.08 bits per heavy atom. The highest BCUT2D eigenvalue weighted by Crippen LogP contribution is 2.20. The van der Waals surface area contributed by atoms with Crippen LogP contribution in [0.3, 0.4) is 0 Å². The fourth-order valence-corrected chi connectivity index (χ4v) is 2.30. The molecule has 0 aromatic heterocycles. The van der Waals surface area contributed by atoms with E-state index in [4.69, 9.17) is 15.2 Å². The van der Waals surface area contributed by atoms with Crippen molar-refractivity contribution in [1.29, 1.82) is 0 Å². The summed E-state index contributed by atoms with van der Waals surface area (Å²) in [4.78, 5) is 4.44. The number of nitrogens with zero attached hydrogens (tertiary/aromatic N) is 1. The summed E-state index contributed by atoms with van der Waals surface area (Å²) in [7, 11) is 1.67. The number of hydrogen-bond donors (Lipinski definition) is 2. The van der Waals surface area contributed by atoms with Crippen molar-refractivity contribution in [3.8, 4) is 5.75 Å². The lowest BCUT2D eigenvalue weighted by molar-refractivity contribution is 0.185. The molecule has 0 aliphatic heterocycles. The first-order valence-corrected chi connectivity index (χ1v) is 8.44. The first-order valence-electron chi connectivity index (χ1n) is 8.44. The molecule has 0 fully saturated rings. The van der Waals surface area contributed by atoms with Crippen LogP contribution >= 0.6 is 0 Å². The van der Waals surface area contributed by atoms with Gasteiger partial charge in [-0.05, 0) is 18.1 Å². The van der Waals surface area contributed by atoms with Gasteiger partial charge in [0, 0.05) is 23.9 Å². The highest BCUT2D eigenvalue weighted by atomic mass is 16.5. The molecule has 3 N–H and O–H groups in total. The lowest BCUT2D eigenvalue weighted by Gasteiger charge is -2.13. The van der Waals surface area contributed by atoms with Gasteiger partial charge in [0.15, 0.2) is 5.96 Å². The van der Waals surface area contributed by atoms with Crippen LogP contribution in [-0.4, -0.2) is 19.7 Å². The van der Waals surface area contributed by atoms with Gasteiger partial charge in [-0.3, -0.25) is 0 Å². The van der Waals surface area contributed by atoms with Gasteiger partial charge in [0.05, 0.1) is 19.8 Å². The van der Waals surface area contributed by atoms with Crippen molar-refractivity contribution in [3.63, 3.8) is 0 Å². The van der Waals surface area contributed by atoms with Crippen molar-refractivity contribution < 1.29 is 9.47 Å². The second-order valence-electron chi connectivity index (χ2n) is 6.23. The van der Waals surface area contributed by atoms with Crippen molar-refractivity contribution in [3.05, 3.63) is 59.7 Å². The SMILES string of the molecule is COCc1ccccc1NC(N)=NCc1ccccc1OCC(C)C. The zero-order valence-electron chi connectivity index (χ0n) is 15.2. The van der Waals surface area contributed by atoms with Crippen LogP contribution in [0.2, 0.25) is 0 Å². The molecule has 2 aromatic carbocycles. The molecule has 134 valence electrons. The molecule has 5 heteroatoms. The lowest BCUT2D eigenvalue weighted by atomic mass is 10.2. The van der Waals surface area contributed by atoms with Gasteiger partial charge in [0.25, 0.3) is 0 Å². The third-order valence-corrected chi connectivity index (χ3v) is 3.54. The molecule has 0 heterocycles. The normalized spacial score (nSPS) is 11.6. The Morgan fingerprint density at radius 2 is 1.76 bits per heavy atom. The van der Waals surface area contributed by atoms with Crippen LogP contribution in [0, 0.1) is 5.92 Å². The second kappa shape index (κ2) is 9.69. The van der Waals surface area contributed by atoms with Gasteiger partial charge in [-0.1, -0.05) is 50.2 Å². The molecule has 0 saturated carbocycles. The van der Waals surface area contributed by atoms with Gasteiger partial charge in [0.1, 0.15) is 5.75 Å². The Bertz CT molecular complexity index is 699. The van der Waals surface area contributed by atoms with Crippen molar-refractivity contribution in [1.82, 2.24) is 0 Å². The molecule has 0 bridgehead atoms. The van der Waals surface area contributed by atoms with Crippen LogP contribution in [-0.2, 0) is 17.9 Å². The summed E-state index contributed by atoms with van der Waals surface area (Å²) < 4.78 is 11.1. The van der Waals surface area contributed by atoms with E-state index in [0.717, 1.165) is 22.6 Å². The molecule has 2 rings (SSSR count). The number of nitrogens with one attached hydrogen (secondary N) is 1. The molecule has 0 aliphatic rings. The van der Waals surface area contributed by atoms with Gasteiger partial charge in [-0.2, -0.15) is 0 Å². The average molecular weight is 341 g/mol. The van der Waals surface area contributed by atoms with Gasteiger partial charge in [0.2, 0.25) is 0 Å². The summed E-state index contributed by atoms with van der Waals surface area (Å²) in [6.45, 7) is 5.90. The highest BCUT2D eigenvalue weighted by Gasteiger charge is 2.05. The molecule has 25 heavy (non-hydrogen) atoms. The van der Waals surface area contributed by atoms with Crippen LogP contribution < -0.4 is 15.8 Å². The monoisotopic (exact) mass is 341 g/mol. The zero-order valence-corrected chi connectivity index (χ0v) is 15.2. The maximum atomic E-state index is 6.05. The van der Waals surface area contributed by atoms with Crippen LogP contribution in [0.1, 0.15) is 25.0 Å². The summed E-state index contributed by atoms with van der Waals surface area (Å²) in [6.07, 6.45) is 0. The number of anilines is 1. The standard InChI is InChI=1S/C20H27N3O2/c1-15(2)13-25-19-11-7-5-8-16(19)12-22-20(21)23-18-10-6-4-9-17(18)14-24-3/h4-11,15H,12-14H2,1-3H3,(H3,21,22,23). The third kappa shape index (κ3) is 6.12. The minimum atomic E-state index is 0.363. The Kier molecular flexibility index (Phi) is 7.29. The largest absolute Gasteiger partial charge is 0.493 e. The lowest BCUT2D eigenvalue weighted by Crippen LogP contribution is -2.23. The molecule has 0 saturated heterocycles. The molecular weight excluding hydrogens is 314 g/mol. The number of methoxy groups -OCH3 is 1. The number of guanidine groups is 1. The van der Waals surface area contributed by atoms with Gasteiger partial charge in [-0.25, -0.2) is 4.99 Å². The van der Waals surface area contributed by atoms with Crippen LogP contribution in [0.5, 0.6) is 5.75 Å². The van der Waals surface area contributed by atoms with Gasteiger partial charge < -0.3 is 20.5 Å². The second-order valence-corrected chi connectivity index (χ2v) is 6.23. The maximum absolute atomic E-state index is 6.05. The highest BCUT2D eigenvalue weighted by molar-refractivity contribution is 5.92. The van der Waals surface area contributed by atoms with E-state index >= 15 is 0 Å². The molecule has 0 amide bonds. The number of para-hydroxylation sites is 2. The first kappa shape index (κ1) is 18.8. The van der Waals surface area contributed by atoms with Crippen LogP contribution in [0.4, 0.5) is 5.69 Å². The number of rotatable bonds is 8. The van der Waals surface area contributed by atoms with Crippen molar-refractivity contribution in [2.24, 2.45) is 16.6 Å². The molecule has 0 radical (unpaired) electrons. The molecule has 0 atom stereocenters. The quantitative estimate of drug-likeness (QED) is 0.566. The summed E-state index contributed by atoms with van der Waals surface area (Å²) >= 11 is 0. The molecule has 2 aromatic rings. The summed E-state index contributed by atoms with van der Waals surface area (Å²) in [5.74, 6) is 1.69. The zero-order chi connectivity index (χ0) is 18.1. The van der Waals surface area contributed by atoms with E-state index in [1.807, 2.05) is 48.5 Å². The van der Waals surface area contributed by atoms with E-state index in [2.05, 4.69) is 24.2 Å². The van der Waals surface area contributed by atoms with Gasteiger partial charge >= 0.3 is 0 Å². The third-order valence-electron chi connectivity index (χ3n) is 3.54. The molecule has 0 aliphatic carbocycles. The van der Waals surface area contributed by atoms with Crippen LogP contribution in [0.25, 0.3) is 0 Å². The average Bonchev–Trinajstić information content (AvgIpc) is 2.60. The van der Waals surface area contributed by atoms with Crippen LogP contribution in [0.15, 0.2) is 53.5 Å². The fourth-order valence-electron chi connectivity index (χ4n) is 2.30. The number of benzene rings is 2. The van der Waals surface area contributed by atoms with E-state index in [9.17, 15) is 0 Å². The predicted octanol–water partition coefficient (Wildman–Crippen LogP) is 3.79. The number of nitrogens with two attached hydrogens (primary N) is 1. The topological polar surface area (TPSA) is 68.9 Å². The predicted molar refractivity (Wildman–Crippen MR) is 103 cm³/mol. The fraction of sp³-hybridized carbons (Fsp3) is 0.350. The Hall–Kier alpha value is -2.53. The summed E-state index contributed by atoms with van der Waals surface area (Å²) in [5, 5.41) is 3.14. The number of hydrogen-bond acceptors (Lipinski definition) is 3. The maximum Gasteiger partial charge on any atom is 0.193 e. The number of aliphatic imine (C=N–C) groups is 1. The van der Waals surface area contributed by atoms with Gasteiger partial charge in [-0.15, -0.1) is 0 Å². The Morgan fingerprint density at radius 3 is 2.48 bits per heavy atom. The number of ether oxygens (including phenoxy) is 2. The van der Waals surface area contributed by atoms with Crippen molar-refractivity contribution in [2.75, 3.05) is 19.0 Å². The van der Waals surface area contributed by atoms with Crippen molar-refractivity contribution >= 4 is 11.6 Å². The minimum Gasteiger partial charge on any atom is -0.493 e. The molecule has 0 unspecified atom stereocenters. The molecule has 0 spiro atoms. The van der Waals surface area contributed by atoms with E-state index in [0.29, 0.717) is 31.6 Å². The molecule has 5 nitrogen and oxygen atoms in total. The summed E-state index contributed by atoms with van der Waals surface area (Å²) in [6, 6.07) is 15.8. The van der Waals surface area contributed by atoms with Crippen molar-refractivity contribution in [2.45, 2.75) is 27.0 Å². The molecular formula is C20H27N3O2. The first-order chi connectivity index (χ1) is 12.1. The van der Waals surface area contributed by atoms with E-state index in [-0.39, 0.29) is 0 Å². The van der Waals surface area contributed by atoms with E-state index in [1.165, 1.54) is 0 Å².